The highest BCUT2D eigenvalue weighted by atomic mass is 32.2. The topological polar surface area (TPSA) is 71.1 Å². The van der Waals surface area contributed by atoms with Gasteiger partial charge in [-0.05, 0) is 24.2 Å². The average Bonchev–Trinajstić information content (AvgIpc) is 2.91. The summed E-state index contributed by atoms with van der Waals surface area (Å²) in [5.74, 6) is -2.61. The molecule has 5 nitrogen and oxygen atoms in total. The molecule has 0 spiro atoms. The van der Waals surface area contributed by atoms with Crippen molar-refractivity contribution < 1.29 is 17.2 Å². The molecule has 1 aromatic carbocycles. The van der Waals surface area contributed by atoms with Gasteiger partial charge in [-0.15, -0.1) is 11.3 Å². The fourth-order valence-corrected chi connectivity index (χ4v) is 3.55. The van der Waals surface area contributed by atoms with Gasteiger partial charge in [0.1, 0.15) is 4.90 Å². The SMILES string of the molecule is CCNCc1cc(F)c(F)c(S(=O)(=O)Nc2nccs2)c1. The Kier molecular flexibility index (Phi) is 4.86. The molecule has 2 rings (SSSR count). The Balaban J connectivity index is 2.39. The summed E-state index contributed by atoms with van der Waals surface area (Å²) in [6.07, 6.45) is 1.40. The molecule has 1 aromatic heterocycles. The molecule has 1 heterocycles. The number of hydrogen-bond acceptors (Lipinski definition) is 5. The van der Waals surface area contributed by atoms with Crippen molar-refractivity contribution in [3.05, 3.63) is 40.9 Å². The fraction of sp³-hybridized carbons (Fsp3) is 0.250. The molecule has 0 saturated carbocycles. The van der Waals surface area contributed by atoms with Gasteiger partial charge >= 0.3 is 0 Å². The van der Waals surface area contributed by atoms with Crippen molar-refractivity contribution in [1.82, 2.24) is 10.3 Å². The minimum atomic E-state index is -4.23. The number of benzene rings is 1. The molecule has 0 aliphatic rings. The van der Waals surface area contributed by atoms with Crippen LogP contribution in [0, 0.1) is 11.6 Å². The highest BCUT2D eigenvalue weighted by molar-refractivity contribution is 7.93. The number of thiazole rings is 1. The molecule has 21 heavy (non-hydrogen) atoms. The fourth-order valence-electron chi connectivity index (χ4n) is 1.63. The van der Waals surface area contributed by atoms with Crippen LogP contribution in [0.4, 0.5) is 13.9 Å². The molecule has 0 bridgehead atoms. The van der Waals surface area contributed by atoms with Crippen LogP contribution in [-0.4, -0.2) is 19.9 Å². The smallest absolute Gasteiger partial charge is 0.266 e. The quantitative estimate of drug-likeness (QED) is 0.851. The van der Waals surface area contributed by atoms with E-state index in [9.17, 15) is 17.2 Å². The van der Waals surface area contributed by atoms with E-state index in [2.05, 4.69) is 15.0 Å². The summed E-state index contributed by atoms with van der Waals surface area (Å²) >= 11 is 1.04. The Morgan fingerprint density at radius 2 is 2.10 bits per heavy atom. The van der Waals surface area contributed by atoms with Crippen LogP contribution in [0.3, 0.4) is 0 Å². The monoisotopic (exact) mass is 333 g/mol. The molecule has 0 saturated heterocycles. The van der Waals surface area contributed by atoms with Gasteiger partial charge < -0.3 is 5.32 Å². The number of hydrogen-bond donors (Lipinski definition) is 2. The maximum absolute atomic E-state index is 13.8. The number of nitrogens with zero attached hydrogens (tertiary/aromatic N) is 1. The van der Waals surface area contributed by atoms with Crippen LogP contribution in [0.25, 0.3) is 0 Å². The molecule has 0 amide bonds. The molecule has 2 aromatic rings. The van der Waals surface area contributed by atoms with Gasteiger partial charge in [0.05, 0.1) is 0 Å². The largest absolute Gasteiger partial charge is 0.313 e. The molecular weight excluding hydrogens is 320 g/mol. The molecule has 0 fully saturated rings. The summed E-state index contributed by atoms with van der Waals surface area (Å²) in [7, 11) is -4.23. The van der Waals surface area contributed by atoms with Crippen molar-refractivity contribution in [3.63, 3.8) is 0 Å². The normalized spacial score (nSPS) is 11.6. The molecule has 0 unspecified atom stereocenters. The van der Waals surface area contributed by atoms with Crippen molar-refractivity contribution >= 4 is 26.5 Å². The lowest BCUT2D eigenvalue weighted by molar-refractivity contribution is 0.482. The second-order valence-corrected chi connectivity index (χ2v) is 6.66. The Morgan fingerprint density at radius 3 is 2.71 bits per heavy atom. The third kappa shape index (κ3) is 3.74. The van der Waals surface area contributed by atoms with Gasteiger partial charge in [0.15, 0.2) is 16.8 Å². The molecule has 2 N–H and O–H groups in total. The van der Waals surface area contributed by atoms with Crippen LogP contribution in [0.15, 0.2) is 28.6 Å². The zero-order chi connectivity index (χ0) is 15.5. The van der Waals surface area contributed by atoms with E-state index in [1.807, 2.05) is 6.92 Å². The lowest BCUT2D eigenvalue weighted by Gasteiger charge is -2.10. The molecule has 0 aliphatic carbocycles. The van der Waals surface area contributed by atoms with Gasteiger partial charge in [0.2, 0.25) is 0 Å². The maximum atomic E-state index is 13.8. The average molecular weight is 333 g/mol. The number of anilines is 1. The van der Waals surface area contributed by atoms with E-state index in [1.165, 1.54) is 6.20 Å². The van der Waals surface area contributed by atoms with Crippen LogP contribution in [-0.2, 0) is 16.6 Å². The van der Waals surface area contributed by atoms with Gasteiger partial charge in [-0.3, -0.25) is 4.72 Å². The summed E-state index contributed by atoms with van der Waals surface area (Å²) in [6.45, 7) is 2.72. The molecule has 0 radical (unpaired) electrons. The van der Waals surface area contributed by atoms with Crippen molar-refractivity contribution in [3.8, 4) is 0 Å². The minimum absolute atomic E-state index is 0.0897. The van der Waals surface area contributed by atoms with Crippen LogP contribution < -0.4 is 10.0 Å². The predicted octanol–water partition coefficient (Wildman–Crippen LogP) is 2.33. The number of rotatable bonds is 6. The molecule has 9 heteroatoms. The maximum Gasteiger partial charge on any atom is 0.266 e. The summed E-state index contributed by atoms with van der Waals surface area (Å²) in [5, 5.41) is 4.58. The summed E-state index contributed by atoms with van der Waals surface area (Å²) in [6, 6.07) is 2.08. The first-order valence-corrected chi connectivity index (χ1v) is 8.41. The summed E-state index contributed by atoms with van der Waals surface area (Å²) in [4.78, 5) is 3.02. The van der Waals surface area contributed by atoms with Gasteiger partial charge in [0, 0.05) is 18.1 Å². The third-order valence-electron chi connectivity index (χ3n) is 2.58. The number of aromatic nitrogens is 1. The van der Waals surface area contributed by atoms with Crippen molar-refractivity contribution in [1.29, 1.82) is 0 Å². The van der Waals surface area contributed by atoms with Gasteiger partial charge in [-0.1, -0.05) is 6.92 Å². The Bertz CT molecular complexity index is 718. The molecule has 0 aliphatic heterocycles. The van der Waals surface area contributed by atoms with Crippen LogP contribution >= 0.6 is 11.3 Å². The van der Waals surface area contributed by atoms with Gasteiger partial charge in [0.25, 0.3) is 10.0 Å². The Labute approximate surface area is 125 Å². The van der Waals surface area contributed by atoms with Gasteiger partial charge in [-0.2, -0.15) is 0 Å². The van der Waals surface area contributed by atoms with E-state index < -0.39 is 26.6 Å². The summed E-state index contributed by atoms with van der Waals surface area (Å²) in [5.41, 5.74) is 0.343. The first-order valence-electron chi connectivity index (χ1n) is 6.05. The van der Waals surface area contributed by atoms with Crippen LogP contribution in [0.1, 0.15) is 12.5 Å². The van der Waals surface area contributed by atoms with Crippen LogP contribution in [0.5, 0.6) is 0 Å². The second-order valence-electron chi connectivity index (χ2n) is 4.11. The third-order valence-corrected chi connectivity index (χ3v) is 4.73. The van der Waals surface area contributed by atoms with E-state index in [4.69, 9.17) is 0 Å². The lowest BCUT2D eigenvalue weighted by atomic mass is 10.2. The lowest BCUT2D eigenvalue weighted by Crippen LogP contribution is -2.17. The highest BCUT2D eigenvalue weighted by Gasteiger charge is 2.23. The molecule has 0 atom stereocenters. The first-order chi connectivity index (χ1) is 9.94. The van der Waals surface area contributed by atoms with Crippen molar-refractivity contribution in [2.45, 2.75) is 18.4 Å². The zero-order valence-electron chi connectivity index (χ0n) is 11.1. The van der Waals surface area contributed by atoms with E-state index in [0.717, 1.165) is 23.5 Å². The zero-order valence-corrected chi connectivity index (χ0v) is 12.7. The minimum Gasteiger partial charge on any atom is -0.313 e. The molecule has 114 valence electrons. The summed E-state index contributed by atoms with van der Waals surface area (Å²) < 4.78 is 53.7. The standard InChI is InChI=1S/C12H13F2N3O2S2/c1-2-15-7-8-5-9(13)11(14)10(6-8)21(18,19)17-12-16-3-4-20-12/h3-6,15H,2,7H2,1H3,(H,16,17). The van der Waals surface area contributed by atoms with Gasteiger partial charge in [-0.25, -0.2) is 22.2 Å². The van der Waals surface area contributed by atoms with E-state index in [0.29, 0.717) is 12.1 Å². The van der Waals surface area contributed by atoms with E-state index >= 15 is 0 Å². The molecular formula is C12H13F2N3O2S2. The highest BCUT2D eigenvalue weighted by Crippen LogP contribution is 2.23. The van der Waals surface area contributed by atoms with Crippen LogP contribution in [0.2, 0.25) is 0 Å². The number of sulfonamides is 1. The van der Waals surface area contributed by atoms with E-state index in [-0.39, 0.29) is 11.7 Å². The first kappa shape index (κ1) is 15.8. The predicted molar refractivity (Wildman–Crippen MR) is 76.7 cm³/mol. The van der Waals surface area contributed by atoms with Crippen molar-refractivity contribution in [2.75, 3.05) is 11.3 Å². The Morgan fingerprint density at radius 1 is 1.33 bits per heavy atom. The number of halogens is 2. The van der Waals surface area contributed by atoms with Crippen molar-refractivity contribution in [2.24, 2.45) is 0 Å². The van der Waals surface area contributed by atoms with E-state index in [1.54, 1.807) is 5.38 Å². The number of nitrogens with one attached hydrogen (secondary N) is 2. The Hall–Kier alpha value is -1.58. The second kappa shape index (κ2) is 6.46.